The Labute approximate surface area is 147 Å². The van der Waals surface area contributed by atoms with Crippen LogP contribution in [-0.2, 0) is 0 Å². The molecule has 2 heterocycles. The molecule has 0 atom stereocenters. The number of hydrogen-bond donors (Lipinski definition) is 2. The van der Waals surface area contributed by atoms with E-state index in [1.807, 2.05) is 24.3 Å². The van der Waals surface area contributed by atoms with Gasteiger partial charge >= 0.3 is 6.03 Å². The van der Waals surface area contributed by atoms with Gasteiger partial charge in [0.2, 0.25) is 10.3 Å². The molecule has 0 saturated carbocycles. The molecular weight excluding hydrogens is 378 g/mol. The average molecular weight is 396 g/mol. The van der Waals surface area contributed by atoms with E-state index in [9.17, 15) is 4.79 Å². The summed E-state index contributed by atoms with van der Waals surface area (Å²) in [6.07, 6.45) is 4.92. The highest BCUT2D eigenvalue weighted by Crippen LogP contribution is 2.26. The van der Waals surface area contributed by atoms with Crippen LogP contribution >= 0.6 is 27.3 Å². The quantitative estimate of drug-likeness (QED) is 0.811. The fourth-order valence-electron chi connectivity index (χ4n) is 2.48. The molecule has 1 fully saturated rings. The van der Waals surface area contributed by atoms with Crippen LogP contribution in [0.15, 0.2) is 28.7 Å². The Kier molecular flexibility index (Phi) is 5.45. The summed E-state index contributed by atoms with van der Waals surface area (Å²) in [4.78, 5) is 14.3. The van der Waals surface area contributed by atoms with Crippen molar-refractivity contribution in [1.82, 2.24) is 10.2 Å². The number of nitrogens with one attached hydrogen (secondary N) is 2. The van der Waals surface area contributed by atoms with Gasteiger partial charge in [0, 0.05) is 23.2 Å². The van der Waals surface area contributed by atoms with Crippen LogP contribution in [0.25, 0.3) is 0 Å². The fraction of sp³-hybridized carbons (Fsp3) is 0.400. The number of rotatable bonds is 3. The summed E-state index contributed by atoms with van der Waals surface area (Å²) in [5.41, 5.74) is 0.717. The Bertz CT molecular complexity index is 669. The molecule has 2 aromatic rings. The molecule has 1 aliphatic heterocycles. The Morgan fingerprint density at radius 1 is 1.13 bits per heavy atom. The largest absolute Gasteiger partial charge is 0.347 e. The Hall–Kier alpha value is -1.67. The summed E-state index contributed by atoms with van der Waals surface area (Å²) in [5.74, 6) is 0. The van der Waals surface area contributed by atoms with Crippen molar-refractivity contribution in [3.63, 3.8) is 0 Å². The van der Waals surface area contributed by atoms with Gasteiger partial charge in [-0.3, -0.25) is 5.32 Å². The Balaban J connectivity index is 1.58. The third-order valence-corrected chi connectivity index (χ3v) is 4.99. The van der Waals surface area contributed by atoms with Gasteiger partial charge in [-0.15, -0.1) is 10.2 Å². The Morgan fingerprint density at radius 3 is 2.65 bits per heavy atom. The second kappa shape index (κ2) is 7.74. The van der Waals surface area contributed by atoms with Gasteiger partial charge in [-0.05, 0) is 31.0 Å². The molecule has 3 rings (SSSR count). The third kappa shape index (κ3) is 4.65. The first kappa shape index (κ1) is 16.2. The van der Waals surface area contributed by atoms with E-state index in [1.165, 1.54) is 37.0 Å². The second-order valence-electron chi connectivity index (χ2n) is 5.38. The highest BCUT2D eigenvalue weighted by atomic mass is 79.9. The van der Waals surface area contributed by atoms with Crippen molar-refractivity contribution in [2.75, 3.05) is 28.6 Å². The molecule has 122 valence electrons. The zero-order valence-electron chi connectivity index (χ0n) is 12.6. The highest BCUT2D eigenvalue weighted by Gasteiger charge is 2.15. The van der Waals surface area contributed by atoms with Crippen LogP contribution < -0.4 is 15.5 Å². The van der Waals surface area contributed by atoms with Crippen molar-refractivity contribution in [2.24, 2.45) is 0 Å². The summed E-state index contributed by atoms with van der Waals surface area (Å²) >= 11 is 4.79. The van der Waals surface area contributed by atoms with Gasteiger partial charge in [0.05, 0.1) is 0 Å². The summed E-state index contributed by atoms with van der Waals surface area (Å²) in [7, 11) is 0. The number of amides is 2. The molecule has 1 saturated heterocycles. The molecule has 6 nitrogen and oxygen atoms in total. The van der Waals surface area contributed by atoms with Crippen molar-refractivity contribution < 1.29 is 4.79 Å². The molecule has 2 amide bonds. The standard InChI is InChI=1S/C15H18BrN5OS/c16-11-6-5-7-12(10-11)17-13(22)18-14-19-20-15(23-14)21-8-3-1-2-4-9-21/h5-7,10H,1-4,8-9H2,(H2,17,18,19,22). The van der Waals surface area contributed by atoms with Gasteiger partial charge in [-0.25, -0.2) is 4.79 Å². The van der Waals surface area contributed by atoms with E-state index in [2.05, 4.69) is 41.7 Å². The molecule has 23 heavy (non-hydrogen) atoms. The summed E-state index contributed by atoms with van der Waals surface area (Å²) in [6, 6.07) is 7.11. The van der Waals surface area contributed by atoms with E-state index >= 15 is 0 Å². The van der Waals surface area contributed by atoms with Crippen molar-refractivity contribution in [3.05, 3.63) is 28.7 Å². The average Bonchev–Trinajstić information content (AvgIpc) is 2.81. The van der Waals surface area contributed by atoms with Crippen LogP contribution in [0.4, 0.5) is 20.7 Å². The lowest BCUT2D eigenvalue weighted by molar-refractivity contribution is 0.262. The lowest BCUT2D eigenvalue weighted by Crippen LogP contribution is -2.23. The van der Waals surface area contributed by atoms with Crippen LogP contribution in [0, 0.1) is 0 Å². The highest BCUT2D eigenvalue weighted by molar-refractivity contribution is 9.10. The molecule has 8 heteroatoms. The summed E-state index contributed by atoms with van der Waals surface area (Å²) in [6.45, 7) is 2.03. The molecule has 0 bridgehead atoms. The van der Waals surface area contributed by atoms with Gasteiger partial charge in [-0.1, -0.05) is 46.2 Å². The first-order valence-corrected chi connectivity index (χ1v) is 9.24. The number of anilines is 3. The van der Waals surface area contributed by atoms with Crippen LogP contribution in [-0.4, -0.2) is 29.3 Å². The number of hydrogen-bond acceptors (Lipinski definition) is 5. The zero-order chi connectivity index (χ0) is 16.1. The normalized spacial score (nSPS) is 15.1. The minimum atomic E-state index is -0.318. The first-order valence-electron chi connectivity index (χ1n) is 7.63. The van der Waals surface area contributed by atoms with Gasteiger partial charge in [0.1, 0.15) is 0 Å². The maximum Gasteiger partial charge on any atom is 0.325 e. The second-order valence-corrected chi connectivity index (χ2v) is 7.25. The summed E-state index contributed by atoms with van der Waals surface area (Å²) < 4.78 is 0.912. The smallest absolute Gasteiger partial charge is 0.325 e. The Morgan fingerprint density at radius 2 is 1.91 bits per heavy atom. The number of carbonyl (C=O) groups is 1. The molecule has 0 radical (unpaired) electrons. The van der Waals surface area contributed by atoms with Crippen LogP contribution in [0.1, 0.15) is 25.7 Å². The zero-order valence-corrected chi connectivity index (χ0v) is 15.0. The maximum absolute atomic E-state index is 12.0. The van der Waals surface area contributed by atoms with Gasteiger partial charge in [-0.2, -0.15) is 0 Å². The monoisotopic (exact) mass is 395 g/mol. The molecule has 1 aliphatic rings. The molecule has 1 aromatic heterocycles. The number of carbonyl (C=O) groups excluding carboxylic acids is 1. The number of nitrogens with zero attached hydrogens (tertiary/aromatic N) is 3. The van der Waals surface area contributed by atoms with E-state index in [-0.39, 0.29) is 6.03 Å². The molecule has 0 unspecified atom stereocenters. The first-order chi connectivity index (χ1) is 11.2. The van der Waals surface area contributed by atoms with Crippen LogP contribution in [0.5, 0.6) is 0 Å². The number of benzene rings is 1. The van der Waals surface area contributed by atoms with Crippen molar-refractivity contribution in [1.29, 1.82) is 0 Å². The van der Waals surface area contributed by atoms with Gasteiger partial charge in [0.15, 0.2) is 0 Å². The molecule has 0 aliphatic carbocycles. The maximum atomic E-state index is 12.0. The van der Waals surface area contributed by atoms with Crippen molar-refractivity contribution in [2.45, 2.75) is 25.7 Å². The lowest BCUT2D eigenvalue weighted by atomic mass is 10.2. The van der Waals surface area contributed by atoms with E-state index in [1.54, 1.807) is 0 Å². The lowest BCUT2D eigenvalue weighted by Gasteiger charge is -2.17. The van der Waals surface area contributed by atoms with Crippen molar-refractivity contribution in [3.8, 4) is 0 Å². The van der Waals surface area contributed by atoms with Crippen molar-refractivity contribution >= 4 is 49.2 Å². The number of aromatic nitrogens is 2. The van der Waals surface area contributed by atoms with E-state index < -0.39 is 0 Å². The van der Waals surface area contributed by atoms with Crippen LogP contribution in [0.3, 0.4) is 0 Å². The SMILES string of the molecule is O=C(Nc1cccc(Br)c1)Nc1nnc(N2CCCCCC2)s1. The van der Waals surface area contributed by atoms with Crippen LogP contribution in [0.2, 0.25) is 0 Å². The molecule has 1 aromatic carbocycles. The van der Waals surface area contributed by atoms with E-state index in [0.717, 1.165) is 22.7 Å². The molecule has 2 N–H and O–H groups in total. The molecular formula is C15H18BrN5OS. The minimum Gasteiger partial charge on any atom is -0.347 e. The van der Waals surface area contributed by atoms with Gasteiger partial charge < -0.3 is 10.2 Å². The van der Waals surface area contributed by atoms with E-state index in [0.29, 0.717) is 10.8 Å². The predicted molar refractivity (Wildman–Crippen MR) is 97.4 cm³/mol. The van der Waals surface area contributed by atoms with Gasteiger partial charge in [0.25, 0.3) is 0 Å². The third-order valence-electron chi connectivity index (χ3n) is 3.59. The predicted octanol–water partition coefficient (Wildman–Crippen LogP) is 4.33. The number of urea groups is 1. The topological polar surface area (TPSA) is 70.1 Å². The molecule has 0 spiro atoms. The van der Waals surface area contributed by atoms with E-state index in [4.69, 9.17) is 0 Å². The summed E-state index contributed by atoms with van der Waals surface area (Å²) in [5, 5.41) is 15.2. The fourth-order valence-corrected chi connectivity index (χ4v) is 3.67. The number of halogens is 1. The minimum absolute atomic E-state index is 0.318.